The van der Waals surface area contributed by atoms with E-state index in [4.69, 9.17) is 5.73 Å². The lowest BCUT2D eigenvalue weighted by Gasteiger charge is -2.24. The molecule has 1 aliphatic carbocycles. The number of phenolic OH excluding ortho intramolecular Hbond substituents is 1. The molecule has 0 bridgehead atoms. The van der Waals surface area contributed by atoms with Crippen molar-refractivity contribution in [2.24, 2.45) is 0 Å². The van der Waals surface area contributed by atoms with Gasteiger partial charge in [0.05, 0.1) is 16.3 Å². The number of nitrogen functional groups attached to an aromatic ring is 1. The molecule has 2 aromatic rings. The Labute approximate surface area is 167 Å². The highest BCUT2D eigenvalue weighted by molar-refractivity contribution is 8.18. The Morgan fingerprint density at radius 2 is 1.96 bits per heavy atom. The number of amides is 2. The number of carbonyl (C=O) groups is 2. The van der Waals surface area contributed by atoms with Gasteiger partial charge in [0.2, 0.25) is 0 Å². The van der Waals surface area contributed by atoms with Gasteiger partial charge in [-0.05, 0) is 65.9 Å². The maximum Gasteiger partial charge on any atom is 0.290 e. The van der Waals surface area contributed by atoms with Crippen molar-refractivity contribution in [2.45, 2.75) is 38.0 Å². The van der Waals surface area contributed by atoms with Crippen molar-refractivity contribution in [3.05, 3.63) is 46.5 Å². The third-order valence-corrected chi connectivity index (χ3v) is 6.05. The fourth-order valence-corrected chi connectivity index (χ4v) is 4.47. The largest absolute Gasteiger partial charge is 0.505 e. The zero-order valence-electron chi connectivity index (χ0n) is 15.3. The van der Waals surface area contributed by atoms with E-state index in [-0.39, 0.29) is 16.9 Å². The number of hydrogen-bond donors (Lipinski definition) is 3. The summed E-state index contributed by atoms with van der Waals surface area (Å²) < 4.78 is 0. The van der Waals surface area contributed by atoms with Crippen molar-refractivity contribution in [1.29, 1.82) is 0 Å². The molecular weight excluding hydrogens is 374 g/mol. The standard InChI is InChI=1S/C21H21N3O3S/c22-16-10-14(9-15(19(16)25)13-4-2-1-3-5-13)17-7-6-12(11-23-17)8-18-20(26)24-21(27)28-18/h6-11,13,25H,1-5,22H2,(H,24,26,27). The van der Waals surface area contributed by atoms with Crippen molar-refractivity contribution >= 4 is 34.7 Å². The normalized spacial score (nSPS) is 19.2. The van der Waals surface area contributed by atoms with Crippen LogP contribution in [0.3, 0.4) is 0 Å². The van der Waals surface area contributed by atoms with E-state index in [0.717, 1.165) is 47.0 Å². The van der Waals surface area contributed by atoms with E-state index in [1.165, 1.54) is 19.3 Å². The first kappa shape index (κ1) is 18.6. The number of nitrogens with zero attached hydrogens (tertiary/aromatic N) is 1. The van der Waals surface area contributed by atoms with E-state index in [1.54, 1.807) is 18.3 Å². The van der Waals surface area contributed by atoms with Crippen molar-refractivity contribution in [1.82, 2.24) is 10.3 Å². The topological polar surface area (TPSA) is 105 Å². The summed E-state index contributed by atoms with van der Waals surface area (Å²) in [5, 5.41) is 12.3. The van der Waals surface area contributed by atoms with E-state index in [0.29, 0.717) is 16.5 Å². The number of carbonyl (C=O) groups excluding carboxylic acids is 2. The SMILES string of the molecule is Nc1cc(-c2ccc(C=C3SC(=O)NC3=O)cn2)cc(C2CCCCC2)c1O. The van der Waals surface area contributed by atoms with E-state index >= 15 is 0 Å². The smallest absolute Gasteiger partial charge is 0.290 e. The number of thioether (sulfide) groups is 1. The summed E-state index contributed by atoms with van der Waals surface area (Å²) in [5.74, 6) is 0.129. The first-order valence-corrected chi connectivity index (χ1v) is 10.2. The average Bonchev–Trinajstić information content (AvgIpc) is 3.02. The van der Waals surface area contributed by atoms with Gasteiger partial charge in [0, 0.05) is 11.8 Å². The molecule has 1 aromatic carbocycles. The summed E-state index contributed by atoms with van der Waals surface area (Å²) >= 11 is 0.880. The summed E-state index contributed by atoms with van der Waals surface area (Å²) in [6.07, 6.45) is 9.01. The molecule has 1 aliphatic heterocycles. The van der Waals surface area contributed by atoms with Crippen molar-refractivity contribution in [3.8, 4) is 17.0 Å². The lowest BCUT2D eigenvalue weighted by molar-refractivity contribution is -0.115. The molecule has 0 radical (unpaired) electrons. The van der Waals surface area contributed by atoms with Crippen LogP contribution in [-0.4, -0.2) is 21.2 Å². The fourth-order valence-electron chi connectivity index (χ4n) is 3.79. The van der Waals surface area contributed by atoms with E-state index < -0.39 is 0 Å². The van der Waals surface area contributed by atoms with Gasteiger partial charge in [-0.25, -0.2) is 0 Å². The Balaban J connectivity index is 1.62. The molecule has 1 aromatic heterocycles. The van der Waals surface area contributed by atoms with Crippen LogP contribution in [0.4, 0.5) is 10.5 Å². The Bertz CT molecular complexity index is 964. The van der Waals surface area contributed by atoms with Gasteiger partial charge >= 0.3 is 0 Å². The minimum absolute atomic E-state index is 0.186. The Kier molecular flexibility index (Phi) is 5.09. The molecule has 4 N–H and O–H groups in total. The van der Waals surface area contributed by atoms with Crippen LogP contribution in [0.5, 0.6) is 5.75 Å². The second kappa shape index (κ2) is 7.67. The van der Waals surface area contributed by atoms with Gasteiger partial charge < -0.3 is 10.8 Å². The molecule has 0 spiro atoms. The highest BCUT2D eigenvalue weighted by Crippen LogP contribution is 2.41. The minimum atomic E-state index is -0.387. The molecule has 4 rings (SSSR count). The lowest BCUT2D eigenvalue weighted by Crippen LogP contribution is -2.17. The highest BCUT2D eigenvalue weighted by atomic mass is 32.2. The van der Waals surface area contributed by atoms with E-state index in [9.17, 15) is 14.7 Å². The Morgan fingerprint density at radius 3 is 2.61 bits per heavy atom. The minimum Gasteiger partial charge on any atom is -0.505 e. The number of rotatable bonds is 3. The Hall–Kier alpha value is -2.80. The molecule has 2 aliphatic rings. The summed E-state index contributed by atoms with van der Waals surface area (Å²) in [5.41, 5.74) is 9.67. The van der Waals surface area contributed by atoms with Crippen molar-refractivity contribution < 1.29 is 14.7 Å². The van der Waals surface area contributed by atoms with Crippen LogP contribution in [0.15, 0.2) is 35.4 Å². The quantitative estimate of drug-likeness (QED) is 0.404. The van der Waals surface area contributed by atoms with Gasteiger partial charge in [-0.2, -0.15) is 0 Å². The molecule has 2 heterocycles. The zero-order valence-corrected chi connectivity index (χ0v) is 16.1. The highest BCUT2D eigenvalue weighted by Gasteiger charge is 2.25. The third kappa shape index (κ3) is 3.75. The molecule has 144 valence electrons. The van der Waals surface area contributed by atoms with Crippen LogP contribution in [0.25, 0.3) is 17.3 Å². The average molecular weight is 395 g/mol. The number of pyridine rings is 1. The van der Waals surface area contributed by atoms with Crippen LogP contribution in [0.2, 0.25) is 0 Å². The molecule has 2 amide bonds. The zero-order chi connectivity index (χ0) is 19.7. The number of aromatic hydroxyl groups is 1. The molecule has 0 unspecified atom stereocenters. The molecule has 1 saturated carbocycles. The number of phenols is 1. The molecule has 2 fully saturated rings. The fraction of sp³-hybridized carbons (Fsp3) is 0.286. The number of hydrogen-bond acceptors (Lipinski definition) is 6. The van der Waals surface area contributed by atoms with Gasteiger partial charge in [-0.3, -0.25) is 19.9 Å². The third-order valence-electron chi connectivity index (χ3n) is 5.24. The maximum atomic E-state index is 11.7. The van der Waals surface area contributed by atoms with Crippen LogP contribution in [0, 0.1) is 0 Å². The summed E-state index contributed by atoms with van der Waals surface area (Å²) in [6.45, 7) is 0. The van der Waals surface area contributed by atoms with E-state index in [1.807, 2.05) is 18.2 Å². The van der Waals surface area contributed by atoms with Gasteiger partial charge in [0.1, 0.15) is 5.75 Å². The second-order valence-electron chi connectivity index (χ2n) is 7.17. The summed E-state index contributed by atoms with van der Waals surface area (Å²) in [7, 11) is 0. The van der Waals surface area contributed by atoms with Crippen LogP contribution in [-0.2, 0) is 4.79 Å². The van der Waals surface area contributed by atoms with Gasteiger partial charge in [-0.15, -0.1) is 0 Å². The molecule has 6 nitrogen and oxygen atoms in total. The molecular formula is C21H21N3O3S. The number of nitrogens with one attached hydrogen (secondary N) is 1. The molecule has 0 atom stereocenters. The first-order chi connectivity index (χ1) is 13.5. The van der Waals surface area contributed by atoms with Gasteiger partial charge in [-0.1, -0.05) is 25.3 Å². The number of anilines is 1. The number of aromatic nitrogens is 1. The van der Waals surface area contributed by atoms with Gasteiger partial charge in [0.25, 0.3) is 11.1 Å². The maximum absolute atomic E-state index is 11.7. The molecule has 7 heteroatoms. The van der Waals surface area contributed by atoms with Crippen LogP contribution >= 0.6 is 11.8 Å². The van der Waals surface area contributed by atoms with Crippen LogP contribution < -0.4 is 11.1 Å². The van der Waals surface area contributed by atoms with Gasteiger partial charge in [0.15, 0.2) is 0 Å². The monoisotopic (exact) mass is 395 g/mol. The molecule has 1 saturated heterocycles. The number of benzene rings is 1. The Morgan fingerprint density at radius 1 is 1.18 bits per heavy atom. The molecule has 28 heavy (non-hydrogen) atoms. The number of nitrogens with two attached hydrogens (primary N) is 1. The van der Waals surface area contributed by atoms with Crippen molar-refractivity contribution in [2.75, 3.05) is 5.73 Å². The summed E-state index contributed by atoms with van der Waals surface area (Å²) in [4.78, 5) is 27.8. The predicted molar refractivity (Wildman–Crippen MR) is 111 cm³/mol. The second-order valence-corrected chi connectivity index (χ2v) is 8.18. The van der Waals surface area contributed by atoms with E-state index in [2.05, 4.69) is 10.3 Å². The van der Waals surface area contributed by atoms with Crippen molar-refractivity contribution in [3.63, 3.8) is 0 Å². The summed E-state index contributed by atoms with van der Waals surface area (Å²) in [6, 6.07) is 7.42. The lowest BCUT2D eigenvalue weighted by atomic mass is 9.82. The number of imide groups is 1. The van der Waals surface area contributed by atoms with Crippen LogP contribution in [0.1, 0.15) is 49.1 Å². The predicted octanol–water partition coefficient (Wildman–Crippen LogP) is 4.41. The first-order valence-electron chi connectivity index (χ1n) is 9.35.